The zero-order valence-electron chi connectivity index (χ0n) is 16.9. The Morgan fingerprint density at radius 1 is 1.30 bits per heavy atom. The average Bonchev–Trinajstić information content (AvgIpc) is 2.65. The number of nitrogens with one attached hydrogen (secondary N) is 1. The van der Waals surface area contributed by atoms with E-state index in [-0.39, 0.29) is 18.6 Å². The predicted octanol–water partition coefficient (Wildman–Crippen LogP) is 3.78. The van der Waals surface area contributed by atoms with Crippen LogP contribution >= 0.6 is 0 Å². The molecule has 0 spiro atoms. The summed E-state index contributed by atoms with van der Waals surface area (Å²) in [6, 6.07) is 5.79. The van der Waals surface area contributed by atoms with E-state index in [1.807, 2.05) is 18.2 Å². The first-order chi connectivity index (χ1) is 13.0. The summed E-state index contributed by atoms with van der Waals surface area (Å²) in [5.74, 6) is 2.18. The highest BCUT2D eigenvalue weighted by molar-refractivity contribution is 5.81. The van der Waals surface area contributed by atoms with E-state index in [9.17, 15) is 4.79 Å². The highest BCUT2D eigenvalue weighted by Crippen LogP contribution is 2.28. The van der Waals surface area contributed by atoms with E-state index >= 15 is 0 Å². The molecule has 1 aromatic rings. The van der Waals surface area contributed by atoms with Gasteiger partial charge in [-0.3, -0.25) is 4.79 Å². The van der Waals surface area contributed by atoms with E-state index < -0.39 is 0 Å². The summed E-state index contributed by atoms with van der Waals surface area (Å²) >= 11 is 0. The molecule has 27 heavy (non-hydrogen) atoms. The van der Waals surface area contributed by atoms with Crippen molar-refractivity contribution in [1.82, 2.24) is 5.32 Å². The molecule has 1 saturated carbocycles. The Hall–Kier alpha value is -2.24. The van der Waals surface area contributed by atoms with Crippen molar-refractivity contribution in [2.75, 3.05) is 20.3 Å². The van der Waals surface area contributed by atoms with Crippen LogP contribution in [0.4, 0.5) is 0 Å². The molecular formula is C21H32N2O4. The first kappa shape index (κ1) is 21.1. The maximum absolute atomic E-state index is 12.0. The summed E-state index contributed by atoms with van der Waals surface area (Å²) in [6.45, 7) is 6.92. The standard InChI is InChI=1S/C21H32N2O4/c1-15(2)13-26-19-10-9-17(11-20(19)25-4)12-22-27-14-21(24)23-18-8-6-5-7-16(18)3/h9-12,15-16,18H,5-8,13-14H2,1-4H3,(H,23,24)/b22-12-/t16-,18+/m1/s1. The number of carbonyl (C=O) groups excluding carboxylic acids is 1. The van der Waals surface area contributed by atoms with Gasteiger partial charge in [0.1, 0.15) is 0 Å². The Labute approximate surface area is 162 Å². The van der Waals surface area contributed by atoms with E-state index in [4.69, 9.17) is 14.3 Å². The van der Waals surface area contributed by atoms with Gasteiger partial charge in [-0.2, -0.15) is 0 Å². The largest absolute Gasteiger partial charge is 0.493 e. The number of benzene rings is 1. The van der Waals surface area contributed by atoms with Crippen LogP contribution < -0.4 is 14.8 Å². The fourth-order valence-corrected chi connectivity index (χ4v) is 3.11. The molecule has 0 aromatic heterocycles. The second-order valence-electron chi connectivity index (χ2n) is 7.56. The van der Waals surface area contributed by atoms with Gasteiger partial charge in [-0.05, 0) is 42.9 Å². The molecule has 0 radical (unpaired) electrons. The third-order valence-electron chi connectivity index (χ3n) is 4.69. The molecule has 0 heterocycles. The molecule has 6 heteroatoms. The van der Waals surface area contributed by atoms with E-state index in [2.05, 4.69) is 31.2 Å². The van der Waals surface area contributed by atoms with E-state index in [0.717, 1.165) is 12.0 Å². The number of hydrogen-bond donors (Lipinski definition) is 1. The van der Waals surface area contributed by atoms with Crippen LogP contribution in [0, 0.1) is 11.8 Å². The summed E-state index contributed by atoms with van der Waals surface area (Å²) in [6.07, 6.45) is 6.20. The summed E-state index contributed by atoms with van der Waals surface area (Å²) < 4.78 is 11.1. The maximum Gasteiger partial charge on any atom is 0.261 e. The van der Waals surface area contributed by atoms with Gasteiger partial charge in [0, 0.05) is 11.6 Å². The Bertz CT molecular complexity index is 631. The summed E-state index contributed by atoms with van der Waals surface area (Å²) in [4.78, 5) is 17.1. The lowest BCUT2D eigenvalue weighted by atomic mass is 9.86. The number of oxime groups is 1. The molecule has 1 aliphatic carbocycles. The van der Waals surface area contributed by atoms with Crippen LogP contribution in [0.15, 0.2) is 23.4 Å². The molecule has 150 valence electrons. The molecule has 0 bridgehead atoms. The fraction of sp³-hybridized carbons (Fsp3) is 0.619. The molecule has 0 unspecified atom stereocenters. The van der Waals surface area contributed by atoms with E-state index in [1.165, 1.54) is 19.3 Å². The van der Waals surface area contributed by atoms with E-state index in [0.29, 0.717) is 29.9 Å². The quantitative estimate of drug-likeness (QED) is 0.526. The van der Waals surface area contributed by atoms with Gasteiger partial charge in [0.25, 0.3) is 5.91 Å². The zero-order chi connectivity index (χ0) is 19.6. The Morgan fingerprint density at radius 3 is 2.78 bits per heavy atom. The highest BCUT2D eigenvalue weighted by atomic mass is 16.6. The molecule has 1 aromatic carbocycles. The van der Waals surface area contributed by atoms with Crippen LogP contribution in [0.3, 0.4) is 0 Å². The van der Waals surface area contributed by atoms with Gasteiger partial charge < -0.3 is 19.6 Å². The summed E-state index contributed by atoms with van der Waals surface area (Å²) in [7, 11) is 1.60. The summed E-state index contributed by atoms with van der Waals surface area (Å²) in [5, 5.41) is 6.93. The lowest BCUT2D eigenvalue weighted by Crippen LogP contribution is -2.42. The van der Waals surface area contributed by atoms with Gasteiger partial charge in [0.15, 0.2) is 18.1 Å². The SMILES string of the molecule is COc1cc(/C=N\OCC(=O)N[C@H]2CCCC[C@H]2C)ccc1OCC(C)C. The molecule has 0 saturated heterocycles. The number of rotatable bonds is 9. The lowest BCUT2D eigenvalue weighted by Gasteiger charge is -2.29. The topological polar surface area (TPSA) is 69.2 Å². The first-order valence-electron chi connectivity index (χ1n) is 9.75. The minimum atomic E-state index is -0.124. The molecule has 2 atom stereocenters. The predicted molar refractivity (Wildman–Crippen MR) is 106 cm³/mol. The van der Waals surface area contributed by atoms with Crippen LogP contribution in [-0.2, 0) is 9.63 Å². The number of nitrogens with zero attached hydrogens (tertiary/aromatic N) is 1. The van der Waals surface area contributed by atoms with Crippen molar-refractivity contribution >= 4 is 12.1 Å². The molecule has 1 fully saturated rings. The van der Waals surface area contributed by atoms with Gasteiger partial charge >= 0.3 is 0 Å². The van der Waals surface area contributed by atoms with Crippen molar-refractivity contribution in [3.63, 3.8) is 0 Å². The number of hydrogen-bond acceptors (Lipinski definition) is 5. The molecule has 1 amide bonds. The van der Waals surface area contributed by atoms with Crippen LogP contribution in [0.2, 0.25) is 0 Å². The van der Waals surface area contributed by atoms with Gasteiger partial charge in [-0.15, -0.1) is 0 Å². The van der Waals surface area contributed by atoms with Crippen LogP contribution in [0.5, 0.6) is 11.5 Å². The average molecular weight is 376 g/mol. The number of carbonyl (C=O) groups is 1. The third kappa shape index (κ3) is 7.12. The molecule has 2 rings (SSSR count). The Morgan fingerprint density at radius 2 is 2.07 bits per heavy atom. The maximum atomic E-state index is 12.0. The lowest BCUT2D eigenvalue weighted by molar-refractivity contribution is -0.126. The second kappa shape index (κ2) is 10.8. The number of ether oxygens (including phenoxy) is 2. The second-order valence-corrected chi connectivity index (χ2v) is 7.56. The Kier molecular flexibility index (Phi) is 8.43. The van der Waals surface area contributed by atoms with Gasteiger partial charge in [-0.25, -0.2) is 0 Å². The van der Waals surface area contributed by atoms with Crippen LogP contribution in [0.25, 0.3) is 0 Å². The van der Waals surface area contributed by atoms with Gasteiger partial charge in [0.05, 0.1) is 19.9 Å². The smallest absolute Gasteiger partial charge is 0.261 e. The van der Waals surface area contributed by atoms with Crippen molar-refractivity contribution in [3.05, 3.63) is 23.8 Å². The van der Waals surface area contributed by atoms with Gasteiger partial charge in [-0.1, -0.05) is 38.8 Å². The van der Waals surface area contributed by atoms with Crippen molar-refractivity contribution in [2.45, 2.75) is 52.5 Å². The number of amides is 1. The molecular weight excluding hydrogens is 344 g/mol. The van der Waals surface area contributed by atoms with Crippen molar-refractivity contribution < 1.29 is 19.1 Å². The number of methoxy groups -OCH3 is 1. The van der Waals surface area contributed by atoms with Crippen LogP contribution in [-0.4, -0.2) is 38.5 Å². The highest BCUT2D eigenvalue weighted by Gasteiger charge is 2.22. The molecule has 1 N–H and O–H groups in total. The van der Waals surface area contributed by atoms with Crippen molar-refractivity contribution in [2.24, 2.45) is 17.0 Å². The zero-order valence-corrected chi connectivity index (χ0v) is 16.9. The molecule has 0 aliphatic heterocycles. The van der Waals surface area contributed by atoms with Crippen LogP contribution in [0.1, 0.15) is 52.0 Å². The minimum Gasteiger partial charge on any atom is -0.493 e. The monoisotopic (exact) mass is 376 g/mol. The van der Waals surface area contributed by atoms with Gasteiger partial charge in [0.2, 0.25) is 0 Å². The van der Waals surface area contributed by atoms with Crippen molar-refractivity contribution in [1.29, 1.82) is 0 Å². The third-order valence-corrected chi connectivity index (χ3v) is 4.69. The first-order valence-corrected chi connectivity index (χ1v) is 9.75. The minimum absolute atomic E-state index is 0.0769. The van der Waals surface area contributed by atoms with E-state index in [1.54, 1.807) is 13.3 Å². The molecule has 1 aliphatic rings. The summed E-state index contributed by atoms with van der Waals surface area (Å²) in [5.41, 5.74) is 0.810. The normalized spacial score (nSPS) is 19.9. The fourth-order valence-electron chi connectivity index (χ4n) is 3.11. The molecule has 6 nitrogen and oxygen atoms in total. The Balaban J connectivity index is 1.80. The van der Waals surface area contributed by atoms with Crippen molar-refractivity contribution in [3.8, 4) is 11.5 Å².